The minimum atomic E-state index is -2.61. The highest BCUT2D eigenvalue weighted by Gasteiger charge is 2.37. The fraction of sp³-hybridized carbons (Fsp3) is 0.778. The van der Waals surface area contributed by atoms with E-state index < -0.39 is 35.4 Å². The number of hydrogen-bond acceptors (Lipinski definition) is 6. The summed E-state index contributed by atoms with van der Waals surface area (Å²) < 4.78 is 9.15. The van der Waals surface area contributed by atoms with E-state index in [0.29, 0.717) is 0 Å². The van der Waals surface area contributed by atoms with Crippen LogP contribution in [-0.2, 0) is 19.1 Å². The van der Waals surface area contributed by atoms with Crippen LogP contribution in [0.3, 0.4) is 0 Å². The van der Waals surface area contributed by atoms with Gasteiger partial charge in [-0.05, 0) is 25.7 Å². The molecule has 2 N–H and O–H groups in total. The van der Waals surface area contributed by atoms with Crippen LogP contribution in [0.5, 0.6) is 0 Å². The molecule has 0 aromatic carbocycles. The molecule has 0 aromatic heterocycles. The van der Waals surface area contributed by atoms with Crippen molar-refractivity contribution in [2.24, 2.45) is 0 Å². The topological polar surface area (TPSA) is 93.1 Å². The van der Waals surface area contributed by atoms with Gasteiger partial charge >= 0.3 is 11.9 Å². The molecule has 6 nitrogen and oxygen atoms in total. The maximum Gasteiger partial charge on any atom is 0.347 e. The number of hydrogen-bond donors (Lipinski definition) is 2. The lowest BCUT2D eigenvalue weighted by atomic mass is 9.57. The Labute approximate surface area is 109 Å². The van der Waals surface area contributed by atoms with Crippen molar-refractivity contribution in [1.82, 2.24) is 0 Å². The molecular formula is C9H13B3O6. The van der Waals surface area contributed by atoms with Crippen LogP contribution in [0.25, 0.3) is 0 Å². The van der Waals surface area contributed by atoms with Crippen LogP contribution in [-0.4, -0.2) is 69.3 Å². The first-order valence-corrected chi connectivity index (χ1v) is 5.18. The van der Waals surface area contributed by atoms with E-state index in [1.54, 1.807) is 6.92 Å². The molecular weight excluding hydrogens is 237 g/mol. The normalized spacial score (nSPS) is 16.4. The van der Waals surface area contributed by atoms with E-state index in [-0.39, 0.29) is 6.61 Å². The summed E-state index contributed by atoms with van der Waals surface area (Å²) in [6.45, 7) is 2.93. The van der Waals surface area contributed by atoms with Crippen LogP contribution in [0.4, 0.5) is 0 Å². The summed E-state index contributed by atoms with van der Waals surface area (Å²) in [5, 5.41) is 16.2. The van der Waals surface area contributed by atoms with Gasteiger partial charge in [0.25, 0.3) is 0 Å². The van der Waals surface area contributed by atoms with Gasteiger partial charge in [-0.1, -0.05) is 0 Å². The van der Waals surface area contributed by atoms with Gasteiger partial charge in [0.05, 0.1) is 22.3 Å². The summed E-state index contributed by atoms with van der Waals surface area (Å²) in [7, 11) is 15.2. The summed E-state index contributed by atoms with van der Waals surface area (Å²) in [5.74, 6) is -2.14. The lowest BCUT2D eigenvalue weighted by Crippen LogP contribution is -2.50. The summed E-state index contributed by atoms with van der Waals surface area (Å²) in [4.78, 5) is 22.6. The molecule has 0 aliphatic carbocycles. The second-order valence-corrected chi connectivity index (χ2v) is 3.89. The fourth-order valence-electron chi connectivity index (χ4n) is 1.07. The van der Waals surface area contributed by atoms with Crippen molar-refractivity contribution in [3.63, 3.8) is 0 Å². The highest BCUT2D eigenvalue weighted by Crippen LogP contribution is 2.16. The van der Waals surface area contributed by atoms with E-state index in [1.165, 1.54) is 6.92 Å². The lowest BCUT2D eigenvalue weighted by molar-refractivity contribution is -0.175. The Bertz CT molecular complexity index is 312. The molecule has 2 atom stereocenters. The minimum absolute atomic E-state index is 0.110. The van der Waals surface area contributed by atoms with Crippen LogP contribution in [0, 0.1) is 0 Å². The average molecular weight is 250 g/mol. The van der Waals surface area contributed by atoms with Crippen molar-refractivity contribution in [3.8, 4) is 0 Å². The molecule has 0 spiro atoms. The van der Waals surface area contributed by atoms with Crippen LogP contribution in [0.15, 0.2) is 0 Å². The number of carbonyl (C=O) groups is 2. The Balaban J connectivity index is 4.52. The van der Waals surface area contributed by atoms with Crippen molar-refractivity contribution in [2.45, 2.75) is 37.3 Å². The Morgan fingerprint density at radius 3 is 2.17 bits per heavy atom. The molecule has 0 fully saturated rings. The lowest BCUT2D eigenvalue weighted by Gasteiger charge is -2.30. The molecule has 0 saturated heterocycles. The molecule has 1 unspecified atom stereocenters. The van der Waals surface area contributed by atoms with Gasteiger partial charge in [0.15, 0.2) is 6.10 Å². The zero-order valence-corrected chi connectivity index (χ0v) is 10.3. The van der Waals surface area contributed by atoms with Gasteiger partial charge < -0.3 is 19.7 Å². The number of aliphatic hydroxyl groups is 2. The molecule has 94 valence electrons. The third-order valence-corrected chi connectivity index (χ3v) is 1.81. The van der Waals surface area contributed by atoms with Crippen molar-refractivity contribution in [2.75, 3.05) is 6.61 Å². The van der Waals surface area contributed by atoms with Gasteiger partial charge in [0, 0.05) is 0 Å². The Hall–Kier alpha value is -0.945. The maximum absolute atomic E-state index is 11.4. The van der Waals surface area contributed by atoms with E-state index >= 15 is 0 Å². The number of ether oxygens (including phenoxy) is 2. The summed E-state index contributed by atoms with van der Waals surface area (Å²) in [5.41, 5.74) is -2.61. The summed E-state index contributed by atoms with van der Waals surface area (Å²) in [6.07, 6.45) is -2.12. The summed E-state index contributed by atoms with van der Waals surface area (Å²) >= 11 is 0. The first-order chi connectivity index (χ1) is 7.99. The number of rotatable bonds is 6. The first-order valence-electron chi connectivity index (χ1n) is 5.18. The molecule has 0 saturated carbocycles. The molecule has 0 aliphatic heterocycles. The van der Waals surface area contributed by atoms with Crippen LogP contribution in [0.1, 0.15) is 20.3 Å². The van der Waals surface area contributed by atoms with E-state index in [1.807, 2.05) is 0 Å². The van der Waals surface area contributed by atoms with Gasteiger partial charge in [0.2, 0.25) is 0 Å². The molecule has 0 heterocycles. The fourth-order valence-corrected chi connectivity index (χ4v) is 1.07. The van der Waals surface area contributed by atoms with E-state index in [9.17, 15) is 14.7 Å². The second kappa shape index (κ2) is 6.29. The zero-order valence-electron chi connectivity index (χ0n) is 10.3. The number of carbonyl (C=O) groups excluding carboxylic acids is 2. The molecule has 0 bridgehead atoms. The third kappa shape index (κ3) is 6.11. The Morgan fingerprint density at radius 2 is 1.78 bits per heavy atom. The van der Waals surface area contributed by atoms with Crippen molar-refractivity contribution in [3.05, 3.63) is 0 Å². The van der Waals surface area contributed by atoms with Gasteiger partial charge in [0.1, 0.15) is 13.3 Å². The summed E-state index contributed by atoms with van der Waals surface area (Å²) in [6, 6.07) is 0. The van der Waals surface area contributed by atoms with Crippen molar-refractivity contribution >= 4 is 35.5 Å². The van der Waals surface area contributed by atoms with Crippen LogP contribution >= 0.6 is 0 Å². The van der Waals surface area contributed by atoms with Crippen LogP contribution in [0.2, 0.25) is 0 Å². The van der Waals surface area contributed by atoms with Crippen molar-refractivity contribution in [1.29, 1.82) is 0 Å². The predicted molar refractivity (Wildman–Crippen MR) is 64.0 cm³/mol. The van der Waals surface area contributed by atoms with Gasteiger partial charge in [-0.15, -0.1) is 0 Å². The van der Waals surface area contributed by atoms with Crippen molar-refractivity contribution < 1.29 is 29.3 Å². The third-order valence-electron chi connectivity index (χ3n) is 1.81. The SMILES string of the molecule is [B]C([B])(O)CC([B])(O)C(=O)O[C@@H](C)C(=O)OCC. The first kappa shape index (κ1) is 17.1. The monoisotopic (exact) mass is 250 g/mol. The highest BCUT2D eigenvalue weighted by molar-refractivity contribution is 6.40. The van der Waals surface area contributed by atoms with E-state index in [0.717, 1.165) is 0 Å². The molecule has 0 aromatic rings. The molecule has 6 radical (unpaired) electrons. The minimum Gasteiger partial charge on any atom is -0.463 e. The largest absolute Gasteiger partial charge is 0.463 e. The van der Waals surface area contributed by atoms with Crippen LogP contribution < -0.4 is 0 Å². The zero-order chi connectivity index (χ0) is 14.6. The molecule has 18 heavy (non-hydrogen) atoms. The molecule has 0 aliphatic rings. The Morgan fingerprint density at radius 1 is 1.28 bits per heavy atom. The highest BCUT2D eigenvalue weighted by atomic mass is 16.6. The van der Waals surface area contributed by atoms with Gasteiger partial charge in [-0.3, -0.25) is 0 Å². The maximum atomic E-state index is 11.4. The molecule has 9 heteroatoms. The number of esters is 2. The second-order valence-electron chi connectivity index (χ2n) is 3.89. The van der Waals surface area contributed by atoms with E-state index in [2.05, 4.69) is 9.47 Å². The van der Waals surface area contributed by atoms with Gasteiger partial charge in [-0.2, -0.15) is 0 Å². The predicted octanol–water partition coefficient (Wildman–Crippen LogP) is -2.29. The van der Waals surface area contributed by atoms with Gasteiger partial charge in [-0.25, -0.2) is 9.59 Å². The standard InChI is InChI=1S/C9H13B3O6/c1-3-17-6(13)5(2)18-7(14)8(10,15)4-9(11,12)16/h5,15-16H,3-4H2,1-2H3/t5-,8?/m0/s1. The smallest absolute Gasteiger partial charge is 0.347 e. The average Bonchev–Trinajstić information content (AvgIpc) is 2.13. The van der Waals surface area contributed by atoms with E-state index in [4.69, 9.17) is 28.6 Å². The Kier molecular flexibility index (Phi) is 5.96. The molecule has 0 amide bonds. The quantitative estimate of drug-likeness (QED) is 0.407. The molecule has 0 rings (SSSR count).